The summed E-state index contributed by atoms with van der Waals surface area (Å²) in [7, 11) is 0. The molecule has 1 aliphatic heterocycles. The lowest BCUT2D eigenvalue weighted by Gasteiger charge is -2.43. The van der Waals surface area contributed by atoms with Crippen molar-refractivity contribution in [1.29, 1.82) is 0 Å². The van der Waals surface area contributed by atoms with Crippen LogP contribution in [0.1, 0.15) is 32.4 Å². The van der Waals surface area contributed by atoms with Crippen molar-refractivity contribution in [2.45, 2.75) is 38.5 Å². The van der Waals surface area contributed by atoms with E-state index >= 15 is 0 Å². The monoisotopic (exact) mass is 265 g/mol. The van der Waals surface area contributed by atoms with E-state index in [9.17, 15) is 5.11 Å². The molecule has 5 heteroatoms. The van der Waals surface area contributed by atoms with Gasteiger partial charge in [0.1, 0.15) is 5.82 Å². The summed E-state index contributed by atoms with van der Waals surface area (Å²) in [5, 5.41) is 9.37. The van der Waals surface area contributed by atoms with Crippen LogP contribution in [0.3, 0.4) is 0 Å². The normalized spacial score (nSPS) is 24.3. The number of aliphatic hydroxyl groups is 1. The Morgan fingerprint density at radius 2 is 2.37 bits per heavy atom. The topological polar surface area (TPSA) is 71.6 Å². The van der Waals surface area contributed by atoms with E-state index in [1.165, 1.54) is 0 Å². The van der Waals surface area contributed by atoms with Crippen LogP contribution in [0, 0.1) is 0 Å². The van der Waals surface area contributed by atoms with Gasteiger partial charge in [-0.3, -0.25) is 0 Å². The molecule has 1 aliphatic rings. The molecule has 5 nitrogen and oxygen atoms in total. The molecule has 0 saturated carbocycles. The lowest BCUT2D eigenvalue weighted by molar-refractivity contribution is -0.101. The summed E-state index contributed by atoms with van der Waals surface area (Å²) in [6.07, 6.45) is 1.59. The van der Waals surface area contributed by atoms with E-state index in [0.717, 1.165) is 17.9 Å². The molecule has 1 unspecified atom stereocenters. The third kappa shape index (κ3) is 3.23. The number of aliphatic hydroxyl groups excluding tert-OH is 1. The zero-order chi connectivity index (χ0) is 14.0. The molecule has 0 aliphatic carbocycles. The van der Waals surface area contributed by atoms with Gasteiger partial charge in [0.2, 0.25) is 0 Å². The molecule has 1 aromatic rings. The van der Waals surface area contributed by atoms with Gasteiger partial charge >= 0.3 is 0 Å². The van der Waals surface area contributed by atoms with E-state index in [0.29, 0.717) is 6.54 Å². The highest BCUT2D eigenvalue weighted by Gasteiger charge is 2.34. The standard InChI is InChI=1S/C14H23N3O2/c1-10(15)12-5-4-6-16-13(12)17-7-11(8-18)19-14(2,3)9-17/h4-6,10-11,18H,7-9,15H2,1-3H3/t10-,11?/m0/s1. The van der Waals surface area contributed by atoms with Crippen LogP contribution in [-0.4, -0.2) is 41.5 Å². The van der Waals surface area contributed by atoms with Gasteiger partial charge < -0.3 is 20.5 Å². The van der Waals surface area contributed by atoms with Crippen LogP contribution >= 0.6 is 0 Å². The second-order valence-corrected chi connectivity index (χ2v) is 5.77. The number of rotatable bonds is 3. The van der Waals surface area contributed by atoms with Crippen LogP contribution in [-0.2, 0) is 4.74 Å². The van der Waals surface area contributed by atoms with E-state index in [4.69, 9.17) is 10.5 Å². The van der Waals surface area contributed by atoms with Crippen molar-refractivity contribution in [3.8, 4) is 0 Å². The maximum absolute atomic E-state index is 9.37. The molecule has 1 aromatic heterocycles. The largest absolute Gasteiger partial charge is 0.394 e. The van der Waals surface area contributed by atoms with Gasteiger partial charge in [0.25, 0.3) is 0 Å². The van der Waals surface area contributed by atoms with Crippen molar-refractivity contribution in [2.24, 2.45) is 5.73 Å². The first-order valence-corrected chi connectivity index (χ1v) is 6.67. The number of hydrogen-bond donors (Lipinski definition) is 2. The first kappa shape index (κ1) is 14.2. The molecule has 3 N–H and O–H groups in total. The molecule has 0 radical (unpaired) electrons. The molecular weight excluding hydrogens is 242 g/mol. The van der Waals surface area contributed by atoms with Crippen molar-refractivity contribution < 1.29 is 9.84 Å². The molecule has 0 aromatic carbocycles. The Morgan fingerprint density at radius 3 is 3.00 bits per heavy atom. The summed E-state index contributed by atoms with van der Waals surface area (Å²) >= 11 is 0. The Hall–Kier alpha value is -1.17. The summed E-state index contributed by atoms with van der Waals surface area (Å²) in [6.45, 7) is 7.39. The van der Waals surface area contributed by atoms with Crippen LogP contribution in [0.2, 0.25) is 0 Å². The first-order chi connectivity index (χ1) is 8.93. The first-order valence-electron chi connectivity index (χ1n) is 6.67. The average Bonchev–Trinajstić information content (AvgIpc) is 2.36. The highest BCUT2D eigenvalue weighted by Crippen LogP contribution is 2.28. The van der Waals surface area contributed by atoms with E-state index < -0.39 is 0 Å². The van der Waals surface area contributed by atoms with Crippen LogP contribution in [0.4, 0.5) is 5.82 Å². The second-order valence-electron chi connectivity index (χ2n) is 5.77. The zero-order valence-corrected chi connectivity index (χ0v) is 11.8. The number of nitrogens with two attached hydrogens (primary N) is 1. The zero-order valence-electron chi connectivity index (χ0n) is 11.8. The average molecular weight is 265 g/mol. The molecule has 2 heterocycles. The van der Waals surface area contributed by atoms with Crippen molar-refractivity contribution in [2.75, 3.05) is 24.6 Å². The van der Waals surface area contributed by atoms with E-state index in [1.54, 1.807) is 6.20 Å². The summed E-state index contributed by atoms with van der Waals surface area (Å²) in [4.78, 5) is 6.62. The summed E-state index contributed by atoms with van der Waals surface area (Å²) in [5.74, 6) is 0.896. The van der Waals surface area contributed by atoms with E-state index in [-0.39, 0.29) is 24.4 Å². The van der Waals surface area contributed by atoms with Crippen LogP contribution in [0.25, 0.3) is 0 Å². The van der Waals surface area contributed by atoms with Gasteiger partial charge in [-0.15, -0.1) is 0 Å². The minimum Gasteiger partial charge on any atom is -0.394 e. The number of aromatic nitrogens is 1. The van der Waals surface area contributed by atoms with Crippen LogP contribution in [0.15, 0.2) is 18.3 Å². The molecule has 0 amide bonds. The second kappa shape index (κ2) is 5.45. The van der Waals surface area contributed by atoms with Gasteiger partial charge in [0.15, 0.2) is 0 Å². The minimum atomic E-state index is -0.307. The molecule has 0 bridgehead atoms. The van der Waals surface area contributed by atoms with Gasteiger partial charge in [0, 0.05) is 30.9 Å². The number of pyridine rings is 1. The molecule has 2 rings (SSSR count). The number of nitrogens with zero attached hydrogens (tertiary/aromatic N) is 2. The maximum Gasteiger partial charge on any atom is 0.133 e. The fraction of sp³-hybridized carbons (Fsp3) is 0.643. The summed E-state index contributed by atoms with van der Waals surface area (Å²) < 4.78 is 5.82. The molecule has 2 atom stereocenters. The lowest BCUT2D eigenvalue weighted by Crippen LogP contribution is -2.54. The van der Waals surface area contributed by atoms with E-state index in [1.807, 2.05) is 32.9 Å². The molecule has 19 heavy (non-hydrogen) atoms. The summed E-state index contributed by atoms with van der Waals surface area (Å²) in [6, 6.07) is 3.84. The van der Waals surface area contributed by atoms with Crippen molar-refractivity contribution >= 4 is 5.82 Å². The lowest BCUT2D eigenvalue weighted by atomic mass is 10.0. The molecular formula is C14H23N3O2. The molecule has 0 spiro atoms. The minimum absolute atomic E-state index is 0.0142. The van der Waals surface area contributed by atoms with Gasteiger partial charge in [0.05, 0.1) is 18.3 Å². The predicted octanol–water partition coefficient (Wildman–Crippen LogP) is 1.08. The van der Waals surface area contributed by atoms with E-state index in [2.05, 4.69) is 9.88 Å². The number of ether oxygens (including phenoxy) is 1. The Bertz CT molecular complexity index is 434. The molecule has 1 saturated heterocycles. The highest BCUT2D eigenvalue weighted by molar-refractivity contribution is 5.49. The van der Waals surface area contributed by atoms with Gasteiger partial charge in [-0.25, -0.2) is 4.98 Å². The van der Waals surface area contributed by atoms with Gasteiger partial charge in [-0.2, -0.15) is 0 Å². The quantitative estimate of drug-likeness (QED) is 0.855. The third-order valence-electron chi connectivity index (χ3n) is 3.29. The third-order valence-corrected chi connectivity index (χ3v) is 3.29. The Morgan fingerprint density at radius 1 is 1.63 bits per heavy atom. The fourth-order valence-electron chi connectivity index (χ4n) is 2.58. The number of morpholine rings is 1. The predicted molar refractivity (Wildman–Crippen MR) is 75.1 cm³/mol. The number of anilines is 1. The number of hydrogen-bond acceptors (Lipinski definition) is 5. The Labute approximate surface area is 114 Å². The fourth-order valence-corrected chi connectivity index (χ4v) is 2.58. The Kier molecular flexibility index (Phi) is 4.08. The smallest absolute Gasteiger partial charge is 0.133 e. The van der Waals surface area contributed by atoms with Crippen molar-refractivity contribution in [3.05, 3.63) is 23.9 Å². The maximum atomic E-state index is 9.37. The van der Waals surface area contributed by atoms with Gasteiger partial charge in [-0.05, 0) is 26.8 Å². The molecule has 106 valence electrons. The molecule has 1 fully saturated rings. The van der Waals surface area contributed by atoms with Crippen molar-refractivity contribution in [1.82, 2.24) is 4.98 Å². The van der Waals surface area contributed by atoms with Crippen molar-refractivity contribution in [3.63, 3.8) is 0 Å². The summed E-state index contributed by atoms with van der Waals surface area (Å²) in [5.41, 5.74) is 6.73. The van der Waals surface area contributed by atoms with Crippen LogP contribution < -0.4 is 10.6 Å². The highest BCUT2D eigenvalue weighted by atomic mass is 16.5. The van der Waals surface area contributed by atoms with Crippen LogP contribution in [0.5, 0.6) is 0 Å². The van der Waals surface area contributed by atoms with Gasteiger partial charge in [-0.1, -0.05) is 6.07 Å². The Balaban J connectivity index is 2.30. The SMILES string of the molecule is C[C@H](N)c1cccnc1N1CC(CO)OC(C)(C)C1.